The lowest BCUT2D eigenvalue weighted by atomic mass is 10.0. The number of carbonyl (C=O) groups excluding carboxylic acids is 2. The van der Waals surface area contributed by atoms with Crippen molar-refractivity contribution in [3.05, 3.63) is 71.8 Å². The summed E-state index contributed by atoms with van der Waals surface area (Å²) in [5.74, 6) is -1.70. The maximum absolute atomic E-state index is 13.1. The molecule has 0 spiro atoms. The van der Waals surface area contributed by atoms with Gasteiger partial charge in [-0.1, -0.05) is 60.7 Å². The van der Waals surface area contributed by atoms with Crippen LogP contribution < -0.4 is 0 Å². The number of hydrogen-bond donors (Lipinski definition) is 1. The second kappa shape index (κ2) is 7.23. The number of hydrogen-bond acceptors (Lipinski definition) is 3. The van der Waals surface area contributed by atoms with Crippen LogP contribution in [0, 0.1) is 0 Å². The molecule has 3 amide bonds. The monoisotopic (exact) mass is 366 g/mol. The van der Waals surface area contributed by atoms with Crippen molar-refractivity contribution in [3.63, 3.8) is 0 Å². The Balaban J connectivity index is 1.96. The van der Waals surface area contributed by atoms with E-state index >= 15 is 0 Å². The molecule has 27 heavy (non-hydrogen) atoms. The first-order chi connectivity index (χ1) is 12.8. The molecule has 2 aromatic rings. The predicted molar refractivity (Wildman–Crippen MR) is 99.9 cm³/mol. The molecule has 0 aliphatic carbocycles. The molecule has 1 N–H and O–H groups in total. The maximum atomic E-state index is 13.1. The van der Waals surface area contributed by atoms with Gasteiger partial charge in [0.05, 0.1) is 0 Å². The number of carbonyl (C=O) groups is 3. The highest BCUT2D eigenvalue weighted by Gasteiger charge is 2.53. The van der Waals surface area contributed by atoms with E-state index in [1.54, 1.807) is 0 Å². The fourth-order valence-corrected chi connectivity index (χ4v) is 3.24. The highest BCUT2D eigenvalue weighted by Crippen LogP contribution is 2.29. The molecule has 1 aliphatic rings. The molecule has 1 unspecified atom stereocenters. The Hall–Kier alpha value is -3.15. The van der Waals surface area contributed by atoms with Gasteiger partial charge in [0, 0.05) is 13.0 Å². The van der Waals surface area contributed by atoms with E-state index in [9.17, 15) is 19.5 Å². The van der Waals surface area contributed by atoms with Gasteiger partial charge in [0.2, 0.25) is 0 Å². The molecule has 1 atom stereocenters. The highest BCUT2D eigenvalue weighted by molar-refractivity contribution is 6.08. The average molecular weight is 366 g/mol. The van der Waals surface area contributed by atoms with Crippen molar-refractivity contribution in [1.29, 1.82) is 0 Å². The van der Waals surface area contributed by atoms with E-state index in [4.69, 9.17) is 0 Å². The Labute approximate surface area is 158 Å². The van der Waals surface area contributed by atoms with Crippen LogP contribution in [0.15, 0.2) is 60.7 Å². The van der Waals surface area contributed by atoms with Gasteiger partial charge in [-0.15, -0.1) is 0 Å². The Morgan fingerprint density at radius 2 is 1.48 bits per heavy atom. The minimum Gasteiger partial charge on any atom is -0.480 e. The summed E-state index contributed by atoms with van der Waals surface area (Å²) in [5, 5.41) is 9.52. The summed E-state index contributed by atoms with van der Waals surface area (Å²) < 4.78 is 0. The van der Waals surface area contributed by atoms with Gasteiger partial charge < -0.3 is 10.0 Å². The third-order valence-corrected chi connectivity index (χ3v) is 4.87. The second-order valence-corrected chi connectivity index (χ2v) is 7.14. The molecular weight excluding hydrogens is 344 g/mol. The van der Waals surface area contributed by atoms with Crippen LogP contribution in [0.3, 0.4) is 0 Å². The maximum Gasteiger partial charge on any atom is 0.329 e. The highest BCUT2D eigenvalue weighted by atomic mass is 16.4. The summed E-state index contributed by atoms with van der Waals surface area (Å²) >= 11 is 0. The topological polar surface area (TPSA) is 77.9 Å². The van der Waals surface area contributed by atoms with Crippen molar-refractivity contribution in [2.24, 2.45) is 0 Å². The summed E-state index contributed by atoms with van der Waals surface area (Å²) in [4.78, 5) is 40.1. The number of urea groups is 1. The second-order valence-electron chi connectivity index (χ2n) is 7.14. The largest absolute Gasteiger partial charge is 0.480 e. The Morgan fingerprint density at radius 3 is 2.00 bits per heavy atom. The van der Waals surface area contributed by atoms with Crippen LogP contribution in [0.4, 0.5) is 4.79 Å². The van der Waals surface area contributed by atoms with Crippen LogP contribution in [-0.4, -0.2) is 44.4 Å². The van der Waals surface area contributed by atoms with Crippen LogP contribution in [0.2, 0.25) is 0 Å². The van der Waals surface area contributed by atoms with E-state index in [-0.39, 0.29) is 6.54 Å². The summed E-state index contributed by atoms with van der Waals surface area (Å²) in [6.45, 7) is 2.99. The standard InChI is InChI=1S/C21H22N2O4/c1-21(2,19(25)26)23-18(24)17(13-15-9-5-3-6-10-15)22(20(23)27)14-16-11-7-4-8-12-16/h3-12,17H,13-14H2,1-2H3,(H,25,26). The lowest BCUT2D eigenvalue weighted by molar-refractivity contribution is -0.152. The third kappa shape index (κ3) is 3.56. The van der Waals surface area contributed by atoms with Gasteiger partial charge in [-0.2, -0.15) is 0 Å². The van der Waals surface area contributed by atoms with Crippen molar-refractivity contribution in [3.8, 4) is 0 Å². The zero-order valence-electron chi connectivity index (χ0n) is 15.3. The molecule has 6 heteroatoms. The van der Waals surface area contributed by atoms with E-state index in [1.807, 2.05) is 60.7 Å². The zero-order chi connectivity index (χ0) is 19.6. The quantitative estimate of drug-likeness (QED) is 0.798. The van der Waals surface area contributed by atoms with E-state index in [0.717, 1.165) is 16.0 Å². The molecule has 1 fully saturated rings. The van der Waals surface area contributed by atoms with Gasteiger partial charge in [-0.3, -0.25) is 4.79 Å². The van der Waals surface area contributed by atoms with Gasteiger partial charge in [0.15, 0.2) is 0 Å². The Kier molecular flexibility index (Phi) is 4.99. The Bertz CT molecular complexity index is 790. The minimum atomic E-state index is -1.62. The molecule has 2 aromatic carbocycles. The van der Waals surface area contributed by atoms with Crippen molar-refractivity contribution >= 4 is 17.9 Å². The number of amides is 3. The van der Waals surface area contributed by atoms with Gasteiger partial charge in [0.25, 0.3) is 5.91 Å². The number of carboxylic acid groups (broad SMARTS) is 1. The number of aliphatic carboxylic acids is 1. The Morgan fingerprint density at radius 1 is 0.963 bits per heavy atom. The van der Waals surface area contributed by atoms with Gasteiger partial charge >= 0.3 is 12.0 Å². The number of benzene rings is 2. The van der Waals surface area contributed by atoms with Crippen molar-refractivity contribution in [1.82, 2.24) is 9.80 Å². The molecule has 1 aliphatic heterocycles. The molecule has 1 saturated heterocycles. The predicted octanol–water partition coefficient (Wildman–Crippen LogP) is 2.93. The normalized spacial score (nSPS) is 17.5. The van der Waals surface area contributed by atoms with Gasteiger partial charge in [-0.05, 0) is 25.0 Å². The summed E-state index contributed by atoms with van der Waals surface area (Å²) in [6, 6.07) is 17.5. The fourth-order valence-electron chi connectivity index (χ4n) is 3.24. The van der Waals surface area contributed by atoms with Crippen molar-refractivity contribution in [2.45, 2.75) is 38.4 Å². The number of carboxylic acids is 1. The lowest BCUT2D eigenvalue weighted by Crippen LogP contribution is -2.53. The van der Waals surface area contributed by atoms with Gasteiger partial charge in [0.1, 0.15) is 11.6 Å². The smallest absolute Gasteiger partial charge is 0.329 e. The third-order valence-electron chi connectivity index (χ3n) is 4.87. The lowest BCUT2D eigenvalue weighted by Gasteiger charge is -2.29. The van der Waals surface area contributed by atoms with Crippen LogP contribution in [0.5, 0.6) is 0 Å². The van der Waals surface area contributed by atoms with E-state index in [2.05, 4.69) is 0 Å². The fraction of sp³-hybridized carbons (Fsp3) is 0.286. The number of nitrogens with zero attached hydrogens (tertiary/aromatic N) is 2. The summed E-state index contributed by atoms with van der Waals surface area (Å²) in [5.41, 5.74) is 0.178. The zero-order valence-corrected chi connectivity index (χ0v) is 15.3. The molecule has 0 radical (unpaired) electrons. The van der Waals surface area contributed by atoms with Crippen molar-refractivity contribution in [2.75, 3.05) is 0 Å². The van der Waals surface area contributed by atoms with Crippen LogP contribution in [0.1, 0.15) is 25.0 Å². The minimum absolute atomic E-state index is 0.245. The first kappa shape index (κ1) is 18.6. The average Bonchev–Trinajstić information content (AvgIpc) is 2.88. The van der Waals surface area contributed by atoms with Crippen molar-refractivity contribution < 1.29 is 19.5 Å². The molecule has 3 rings (SSSR count). The van der Waals surface area contributed by atoms with Gasteiger partial charge in [-0.25, -0.2) is 14.5 Å². The molecule has 1 heterocycles. The summed E-state index contributed by atoms with van der Waals surface area (Å²) in [7, 11) is 0. The molecule has 6 nitrogen and oxygen atoms in total. The van der Waals surface area contributed by atoms with Crippen LogP contribution >= 0.6 is 0 Å². The molecule has 0 aromatic heterocycles. The van der Waals surface area contributed by atoms with Crippen LogP contribution in [0.25, 0.3) is 0 Å². The first-order valence-electron chi connectivity index (χ1n) is 8.78. The van der Waals surface area contributed by atoms with E-state index in [0.29, 0.717) is 6.42 Å². The van der Waals surface area contributed by atoms with E-state index < -0.39 is 29.5 Å². The molecule has 0 bridgehead atoms. The molecule has 140 valence electrons. The number of rotatable bonds is 6. The number of imide groups is 1. The SMILES string of the molecule is CC(C)(C(=O)O)N1C(=O)C(Cc2ccccc2)N(Cc2ccccc2)C1=O. The van der Waals surface area contributed by atoms with E-state index in [1.165, 1.54) is 18.7 Å². The first-order valence-corrected chi connectivity index (χ1v) is 8.78. The molecule has 0 saturated carbocycles. The summed E-state index contributed by atoms with van der Waals surface area (Å²) in [6.07, 6.45) is 0.338. The molecular formula is C21H22N2O4. The van der Waals surface area contributed by atoms with Crippen LogP contribution in [-0.2, 0) is 22.6 Å².